The molecule has 0 unspecified atom stereocenters. The second-order valence-electron chi connectivity index (χ2n) is 2.33. The van der Waals surface area contributed by atoms with E-state index in [0.717, 1.165) is 0 Å². The highest BCUT2D eigenvalue weighted by Crippen LogP contribution is 2.40. The Morgan fingerprint density at radius 3 is 2.00 bits per heavy atom. The molecule has 0 aromatic carbocycles. The highest BCUT2D eigenvalue weighted by atomic mass is 32.3. The Balaban J connectivity index is 2.53. The van der Waals surface area contributed by atoms with Crippen LogP contribution >= 0.6 is 0 Å². The Labute approximate surface area is 52.1 Å². The minimum Gasteiger partial charge on any atom is -0.243 e. The van der Waals surface area contributed by atoms with Gasteiger partial charge < -0.3 is 0 Å². The second kappa shape index (κ2) is 1.65. The van der Waals surface area contributed by atoms with Gasteiger partial charge >= 0.3 is 10.2 Å². The quantitative estimate of drug-likeness (QED) is 0.554. The van der Waals surface area contributed by atoms with E-state index in [1.165, 1.54) is 0 Å². The van der Waals surface area contributed by atoms with E-state index in [9.17, 15) is 16.7 Å². The van der Waals surface area contributed by atoms with Crippen LogP contribution in [0.2, 0.25) is 0 Å². The molecule has 1 fully saturated rings. The topological polar surface area (TPSA) is 34.1 Å². The van der Waals surface area contributed by atoms with Crippen LogP contribution in [0.25, 0.3) is 0 Å². The van der Waals surface area contributed by atoms with Crippen molar-refractivity contribution in [1.82, 2.24) is 0 Å². The molecule has 0 aromatic heterocycles. The third-order valence-electron chi connectivity index (χ3n) is 1.22. The lowest BCUT2D eigenvalue weighted by Gasteiger charge is -1.96. The Morgan fingerprint density at radius 1 is 1.44 bits per heavy atom. The maximum absolute atomic E-state index is 12.4. The minimum atomic E-state index is -4.59. The Kier molecular flexibility index (Phi) is 1.27. The second-order valence-corrected chi connectivity index (χ2v) is 3.70. The number of halogens is 2. The molecule has 0 radical (unpaired) electrons. The summed E-state index contributed by atoms with van der Waals surface area (Å²) in [6.07, 6.45) is 0.353. The van der Waals surface area contributed by atoms with Crippen molar-refractivity contribution in [1.29, 1.82) is 0 Å². The zero-order chi connectivity index (χ0) is 7.12. The Morgan fingerprint density at radius 2 is 1.89 bits per heavy atom. The molecule has 5 heteroatoms. The lowest BCUT2D eigenvalue weighted by Crippen LogP contribution is -2.13. The van der Waals surface area contributed by atoms with Gasteiger partial charge in [-0.25, -0.2) is 4.39 Å². The molecular formula is C4H6F2O2S. The lowest BCUT2D eigenvalue weighted by atomic mass is 10.5. The minimum absolute atomic E-state index is 0.177. The molecule has 0 aliphatic heterocycles. The molecule has 0 atom stereocenters. The predicted octanol–water partition coefficient (Wildman–Crippen LogP) is 0.788. The molecule has 0 aromatic rings. The summed E-state index contributed by atoms with van der Waals surface area (Å²) in [5.74, 6) is -0.958. The SMILES string of the molecule is O=S(=O)(F)CC1(F)CC1. The molecule has 0 N–H and O–H groups in total. The number of alkyl halides is 1. The van der Waals surface area contributed by atoms with Crippen LogP contribution in [0.3, 0.4) is 0 Å². The molecule has 0 amide bonds. The van der Waals surface area contributed by atoms with Crippen LogP contribution < -0.4 is 0 Å². The summed E-state index contributed by atoms with van der Waals surface area (Å²) >= 11 is 0. The van der Waals surface area contributed by atoms with Crippen molar-refractivity contribution in [3.05, 3.63) is 0 Å². The first-order valence-electron chi connectivity index (χ1n) is 2.53. The predicted molar refractivity (Wildman–Crippen MR) is 28.0 cm³/mol. The molecule has 0 spiro atoms. The van der Waals surface area contributed by atoms with Gasteiger partial charge in [-0.15, -0.1) is 3.89 Å². The average molecular weight is 156 g/mol. The first-order valence-corrected chi connectivity index (χ1v) is 4.08. The number of hydrogen-bond donors (Lipinski definition) is 0. The summed E-state index contributed by atoms with van der Waals surface area (Å²) < 4.78 is 43.6. The molecule has 2 nitrogen and oxygen atoms in total. The summed E-state index contributed by atoms with van der Waals surface area (Å²) in [4.78, 5) is 0. The summed E-state index contributed by atoms with van der Waals surface area (Å²) in [5, 5.41) is 0. The molecule has 1 aliphatic carbocycles. The molecular weight excluding hydrogens is 150 g/mol. The van der Waals surface area contributed by atoms with Crippen LogP contribution in [0.5, 0.6) is 0 Å². The number of hydrogen-bond acceptors (Lipinski definition) is 2. The van der Waals surface area contributed by atoms with Crippen molar-refractivity contribution >= 4 is 10.2 Å². The molecule has 54 valence electrons. The third-order valence-corrected chi connectivity index (χ3v) is 2.09. The van der Waals surface area contributed by atoms with Crippen molar-refractivity contribution in [3.8, 4) is 0 Å². The fourth-order valence-corrected chi connectivity index (χ4v) is 1.50. The van der Waals surface area contributed by atoms with Crippen LogP contribution in [-0.2, 0) is 10.2 Å². The van der Waals surface area contributed by atoms with Gasteiger partial charge in [0.05, 0.1) is 0 Å². The molecule has 1 aliphatic rings. The maximum atomic E-state index is 12.4. The van der Waals surface area contributed by atoms with Gasteiger partial charge in [-0.3, -0.25) is 0 Å². The molecule has 1 rings (SSSR count). The molecule has 1 saturated carbocycles. The van der Waals surface area contributed by atoms with Gasteiger partial charge in [0, 0.05) is 0 Å². The van der Waals surface area contributed by atoms with E-state index in [2.05, 4.69) is 0 Å². The van der Waals surface area contributed by atoms with Crippen LogP contribution in [0.4, 0.5) is 8.28 Å². The van der Waals surface area contributed by atoms with Crippen LogP contribution in [-0.4, -0.2) is 19.8 Å². The van der Waals surface area contributed by atoms with Gasteiger partial charge in [0.2, 0.25) is 0 Å². The van der Waals surface area contributed by atoms with Crippen LogP contribution in [0.1, 0.15) is 12.8 Å². The zero-order valence-corrected chi connectivity index (χ0v) is 5.42. The van der Waals surface area contributed by atoms with E-state index >= 15 is 0 Å². The van der Waals surface area contributed by atoms with E-state index in [0.29, 0.717) is 0 Å². The van der Waals surface area contributed by atoms with Gasteiger partial charge in [-0.2, -0.15) is 8.42 Å². The van der Waals surface area contributed by atoms with Crippen molar-refractivity contribution in [2.45, 2.75) is 18.5 Å². The monoisotopic (exact) mass is 156 g/mol. The molecule has 9 heavy (non-hydrogen) atoms. The van der Waals surface area contributed by atoms with Gasteiger partial charge in [0.15, 0.2) is 0 Å². The molecule has 0 heterocycles. The van der Waals surface area contributed by atoms with Gasteiger partial charge in [-0.1, -0.05) is 0 Å². The fraction of sp³-hybridized carbons (Fsp3) is 1.00. The highest BCUT2D eigenvalue weighted by molar-refractivity contribution is 7.86. The van der Waals surface area contributed by atoms with Gasteiger partial charge in [-0.05, 0) is 12.8 Å². The van der Waals surface area contributed by atoms with E-state index in [-0.39, 0.29) is 12.8 Å². The lowest BCUT2D eigenvalue weighted by molar-refractivity contribution is 0.337. The fourth-order valence-electron chi connectivity index (χ4n) is 0.589. The van der Waals surface area contributed by atoms with E-state index in [1.54, 1.807) is 0 Å². The number of rotatable bonds is 2. The third kappa shape index (κ3) is 2.26. The van der Waals surface area contributed by atoms with E-state index in [4.69, 9.17) is 0 Å². The normalized spacial score (nSPS) is 23.8. The Hall–Kier alpha value is -0.190. The summed E-state index contributed by atoms with van der Waals surface area (Å²) in [7, 11) is -4.59. The van der Waals surface area contributed by atoms with Crippen LogP contribution in [0.15, 0.2) is 0 Å². The molecule has 0 bridgehead atoms. The average Bonchev–Trinajstić information content (AvgIpc) is 2.12. The highest BCUT2D eigenvalue weighted by Gasteiger charge is 2.47. The zero-order valence-electron chi connectivity index (χ0n) is 4.60. The van der Waals surface area contributed by atoms with E-state index in [1.807, 2.05) is 0 Å². The summed E-state index contributed by atoms with van der Waals surface area (Å²) in [6.45, 7) is 0. The van der Waals surface area contributed by atoms with E-state index < -0.39 is 21.6 Å². The molecule has 0 saturated heterocycles. The summed E-state index contributed by atoms with van der Waals surface area (Å²) in [5.41, 5.74) is -1.73. The van der Waals surface area contributed by atoms with Crippen molar-refractivity contribution in [3.63, 3.8) is 0 Å². The first kappa shape index (κ1) is 6.92. The Bertz CT molecular complexity index is 205. The van der Waals surface area contributed by atoms with Crippen molar-refractivity contribution < 1.29 is 16.7 Å². The van der Waals surface area contributed by atoms with Crippen molar-refractivity contribution in [2.75, 3.05) is 5.75 Å². The largest absolute Gasteiger partial charge is 0.305 e. The first-order chi connectivity index (χ1) is 3.91. The van der Waals surface area contributed by atoms with Gasteiger partial charge in [0.1, 0.15) is 11.4 Å². The summed E-state index contributed by atoms with van der Waals surface area (Å²) in [6, 6.07) is 0. The standard InChI is InChI=1S/C4H6F2O2S/c5-4(1-2-4)3-9(6,7)8/h1-3H2. The van der Waals surface area contributed by atoms with Gasteiger partial charge in [0.25, 0.3) is 0 Å². The van der Waals surface area contributed by atoms with Crippen molar-refractivity contribution in [2.24, 2.45) is 0 Å². The maximum Gasteiger partial charge on any atom is 0.305 e. The van der Waals surface area contributed by atoms with Crippen LogP contribution in [0, 0.1) is 0 Å². The smallest absolute Gasteiger partial charge is 0.243 e.